The lowest BCUT2D eigenvalue weighted by atomic mass is 9.95. The van der Waals surface area contributed by atoms with Gasteiger partial charge in [0, 0.05) is 23.9 Å². The maximum absolute atomic E-state index is 13.7. The van der Waals surface area contributed by atoms with E-state index in [1.165, 1.54) is 0 Å². The Balaban J connectivity index is 1.81. The first-order valence-electron chi connectivity index (χ1n) is 8.95. The molecule has 3 aromatic carbocycles. The first kappa shape index (κ1) is 14.6. The van der Waals surface area contributed by atoms with Gasteiger partial charge in [-0.3, -0.25) is 9.36 Å². The number of nitrogens with zero attached hydrogens (tertiary/aromatic N) is 3. The summed E-state index contributed by atoms with van der Waals surface area (Å²) in [4.78, 5) is 20.3. The van der Waals surface area contributed by atoms with Crippen LogP contribution in [-0.2, 0) is 10.5 Å². The van der Waals surface area contributed by atoms with Crippen LogP contribution in [0.1, 0.15) is 5.56 Å². The van der Waals surface area contributed by atoms with Gasteiger partial charge in [-0.1, -0.05) is 42.5 Å². The van der Waals surface area contributed by atoms with Gasteiger partial charge in [-0.25, -0.2) is 4.98 Å². The predicted octanol–water partition coefficient (Wildman–Crippen LogP) is 3.81. The number of likely N-dealkylation sites (N-methyl/N-ethyl adjacent to an activating group) is 1. The number of hydrogen-bond acceptors (Lipinski definition) is 3. The molecule has 0 radical (unpaired) electrons. The molecule has 0 fully saturated rings. The molecule has 130 valence electrons. The number of fused-ring (bicyclic) bond motifs is 8. The molecule has 2 aliphatic rings. The number of rotatable bonds is 0. The minimum Gasteiger partial charge on any atom is -0.350 e. The molecule has 3 heterocycles. The number of nitrogens with one attached hydrogen (secondary N) is 1. The molecule has 27 heavy (non-hydrogen) atoms. The monoisotopic (exact) mass is 352 g/mol. The molecule has 1 aromatic heterocycles. The molecule has 2 aliphatic heterocycles. The normalized spacial score (nSPS) is 19.7. The number of para-hydroxylation sites is 4. The fourth-order valence-corrected chi connectivity index (χ4v) is 4.46. The Bertz CT molecular complexity index is 1260. The van der Waals surface area contributed by atoms with Gasteiger partial charge < -0.3 is 10.2 Å². The van der Waals surface area contributed by atoms with Crippen molar-refractivity contribution in [3.05, 3.63) is 78.4 Å². The topological polar surface area (TPSA) is 50.2 Å². The van der Waals surface area contributed by atoms with E-state index in [-0.39, 0.29) is 5.91 Å². The molecule has 1 amide bonds. The molecular formula is C22H16N4O. The Morgan fingerprint density at radius 1 is 0.926 bits per heavy atom. The van der Waals surface area contributed by atoms with Gasteiger partial charge in [0.2, 0.25) is 5.66 Å². The summed E-state index contributed by atoms with van der Waals surface area (Å²) in [6.07, 6.45) is 0. The van der Waals surface area contributed by atoms with E-state index in [2.05, 4.69) is 9.88 Å². The van der Waals surface area contributed by atoms with Crippen molar-refractivity contribution in [2.75, 3.05) is 17.3 Å². The Hall–Kier alpha value is -3.60. The largest absolute Gasteiger partial charge is 0.350 e. The number of carbonyl (C=O) groups excluding carboxylic acids is 1. The highest BCUT2D eigenvalue weighted by atomic mass is 16.2. The fourth-order valence-electron chi connectivity index (χ4n) is 4.46. The number of hydrogen-bond donors (Lipinski definition) is 1. The van der Waals surface area contributed by atoms with Crippen LogP contribution in [0.3, 0.4) is 0 Å². The summed E-state index contributed by atoms with van der Waals surface area (Å²) in [5.74, 6) is 0.798. The molecule has 4 aromatic rings. The zero-order chi connectivity index (χ0) is 18.2. The number of amides is 1. The molecule has 1 spiro atoms. The van der Waals surface area contributed by atoms with Gasteiger partial charge in [0.05, 0.1) is 16.7 Å². The van der Waals surface area contributed by atoms with E-state index in [1.54, 1.807) is 4.90 Å². The fraction of sp³-hybridized carbons (Fsp3) is 0.0909. The quantitative estimate of drug-likeness (QED) is 0.524. The first-order chi connectivity index (χ1) is 13.2. The van der Waals surface area contributed by atoms with E-state index < -0.39 is 5.66 Å². The average molecular weight is 352 g/mol. The second-order valence-electron chi connectivity index (χ2n) is 7.02. The van der Waals surface area contributed by atoms with Crippen LogP contribution in [0.15, 0.2) is 72.8 Å². The molecule has 0 aliphatic carbocycles. The van der Waals surface area contributed by atoms with Gasteiger partial charge in [-0.05, 0) is 30.3 Å². The molecule has 1 N–H and O–H groups in total. The maximum Gasteiger partial charge on any atom is 0.278 e. The van der Waals surface area contributed by atoms with Crippen LogP contribution in [0.5, 0.6) is 0 Å². The van der Waals surface area contributed by atoms with E-state index in [4.69, 9.17) is 4.98 Å². The lowest BCUT2D eigenvalue weighted by Gasteiger charge is -2.38. The summed E-state index contributed by atoms with van der Waals surface area (Å²) in [5.41, 5.74) is 4.55. The number of anilines is 2. The highest BCUT2D eigenvalue weighted by molar-refractivity contribution is 6.11. The lowest BCUT2D eigenvalue weighted by molar-refractivity contribution is -0.122. The molecule has 0 bridgehead atoms. The lowest BCUT2D eigenvalue weighted by Crippen LogP contribution is -2.52. The van der Waals surface area contributed by atoms with Gasteiger partial charge in [0.25, 0.3) is 5.91 Å². The van der Waals surface area contributed by atoms with Crippen LogP contribution in [-0.4, -0.2) is 22.5 Å². The second kappa shape index (κ2) is 4.76. The van der Waals surface area contributed by atoms with Crippen LogP contribution in [0, 0.1) is 0 Å². The SMILES string of the molecule is CN1C(=O)[C@]2(Nc3ccccc3-c3nc4ccccc4n32)c2ccccc21. The Morgan fingerprint density at radius 2 is 1.67 bits per heavy atom. The predicted molar refractivity (Wildman–Crippen MR) is 106 cm³/mol. The molecule has 0 saturated carbocycles. The van der Waals surface area contributed by atoms with Crippen LogP contribution < -0.4 is 10.2 Å². The molecule has 0 unspecified atom stereocenters. The Kier molecular flexibility index (Phi) is 2.57. The minimum atomic E-state index is -1.04. The van der Waals surface area contributed by atoms with E-state index in [1.807, 2.05) is 79.8 Å². The van der Waals surface area contributed by atoms with Crippen LogP contribution in [0.4, 0.5) is 11.4 Å². The number of aromatic nitrogens is 2. The first-order valence-corrected chi connectivity index (χ1v) is 8.95. The van der Waals surface area contributed by atoms with Crippen molar-refractivity contribution in [1.29, 1.82) is 0 Å². The zero-order valence-electron chi connectivity index (χ0n) is 14.7. The molecule has 5 nitrogen and oxygen atoms in total. The summed E-state index contributed by atoms with van der Waals surface area (Å²) in [6, 6.07) is 24.0. The molecule has 6 rings (SSSR count). The van der Waals surface area contributed by atoms with Gasteiger partial charge >= 0.3 is 0 Å². The van der Waals surface area contributed by atoms with E-state index in [0.29, 0.717) is 0 Å². The van der Waals surface area contributed by atoms with Gasteiger partial charge in [-0.15, -0.1) is 0 Å². The van der Waals surface area contributed by atoms with Crippen LogP contribution in [0.25, 0.3) is 22.4 Å². The van der Waals surface area contributed by atoms with Crippen molar-refractivity contribution in [1.82, 2.24) is 9.55 Å². The van der Waals surface area contributed by atoms with Crippen molar-refractivity contribution in [3.63, 3.8) is 0 Å². The number of imidazole rings is 1. The molecule has 1 atom stereocenters. The highest BCUT2D eigenvalue weighted by Gasteiger charge is 2.55. The maximum atomic E-state index is 13.7. The number of benzene rings is 3. The van der Waals surface area contributed by atoms with E-state index >= 15 is 0 Å². The van der Waals surface area contributed by atoms with Gasteiger partial charge in [0.15, 0.2) is 0 Å². The molecule has 0 saturated heterocycles. The van der Waals surface area contributed by atoms with Crippen molar-refractivity contribution >= 4 is 28.3 Å². The third-order valence-electron chi connectivity index (χ3n) is 5.65. The van der Waals surface area contributed by atoms with Gasteiger partial charge in [-0.2, -0.15) is 0 Å². The van der Waals surface area contributed by atoms with Crippen LogP contribution in [0.2, 0.25) is 0 Å². The van der Waals surface area contributed by atoms with Crippen LogP contribution >= 0.6 is 0 Å². The Morgan fingerprint density at radius 3 is 2.59 bits per heavy atom. The van der Waals surface area contributed by atoms with E-state index in [0.717, 1.165) is 39.4 Å². The summed E-state index contributed by atoms with van der Waals surface area (Å²) in [6.45, 7) is 0. The second-order valence-corrected chi connectivity index (χ2v) is 7.02. The van der Waals surface area contributed by atoms with E-state index in [9.17, 15) is 4.79 Å². The number of carbonyl (C=O) groups is 1. The summed E-state index contributed by atoms with van der Waals surface area (Å²) < 4.78 is 2.06. The smallest absolute Gasteiger partial charge is 0.278 e. The summed E-state index contributed by atoms with van der Waals surface area (Å²) in [7, 11) is 1.83. The summed E-state index contributed by atoms with van der Waals surface area (Å²) in [5, 5.41) is 3.57. The highest BCUT2D eigenvalue weighted by Crippen LogP contribution is 2.50. The summed E-state index contributed by atoms with van der Waals surface area (Å²) >= 11 is 0. The minimum absolute atomic E-state index is 0.0115. The standard InChI is InChI=1S/C22H16N4O/c1-25-18-12-6-3-9-15(18)22(21(25)27)24-16-10-4-2-8-14(16)20-23-17-11-5-7-13-19(17)26(20)22/h2-13,24H,1H3/t22-/m0/s1. The van der Waals surface area contributed by atoms with Gasteiger partial charge in [0.1, 0.15) is 5.82 Å². The molecular weight excluding hydrogens is 336 g/mol. The zero-order valence-corrected chi connectivity index (χ0v) is 14.7. The van der Waals surface area contributed by atoms with Crippen molar-refractivity contribution < 1.29 is 4.79 Å². The van der Waals surface area contributed by atoms with Crippen molar-refractivity contribution in [2.24, 2.45) is 0 Å². The third-order valence-corrected chi connectivity index (χ3v) is 5.65. The van der Waals surface area contributed by atoms with Crippen molar-refractivity contribution in [3.8, 4) is 11.4 Å². The third kappa shape index (κ3) is 1.60. The Labute approximate surface area is 155 Å². The molecule has 5 heteroatoms. The van der Waals surface area contributed by atoms with Crippen molar-refractivity contribution in [2.45, 2.75) is 5.66 Å². The average Bonchev–Trinajstić information content (AvgIpc) is 3.20.